The molecule has 0 aromatic carbocycles. The van der Waals surface area contributed by atoms with Crippen LogP contribution in [0.3, 0.4) is 0 Å². The summed E-state index contributed by atoms with van der Waals surface area (Å²) < 4.78 is 5.44. The maximum atomic E-state index is 5.71. The summed E-state index contributed by atoms with van der Waals surface area (Å²) in [5, 5.41) is 0. The summed E-state index contributed by atoms with van der Waals surface area (Å²) in [4.78, 5) is 2.51. The Labute approximate surface area is 87.6 Å². The van der Waals surface area contributed by atoms with Crippen molar-refractivity contribution in [1.82, 2.24) is 4.90 Å². The lowest BCUT2D eigenvalue weighted by Gasteiger charge is -2.36. The van der Waals surface area contributed by atoms with Crippen molar-refractivity contribution >= 4 is 0 Å². The highest BCUT2D eigenvalue weighted by Crippen LogP contribution is 2.17. The van der Waals surface area contributed by atoms with Crippen LogP contribution in [0.4, 0.5) is 0 Å². The average Bonchev–Trinajstić information content (AvgIpc) is 2.26. The largest absolute Gasteiger partial charge is 0.380 e. The second kappa shape index (κ2) is 6.38. The number of piperidine rings is 1. The zero-order valence-electron chi connectivity index (χ0n) is 9.54. The number of rotatable bonds is 5. The van der Waals surface area contributed by atoms with Gasteiger partial charge in [-0.3, -0.25) is 4.90 Å². The molecule has 1 fully saturated rings. The highest BCUT2D eigenvalue weighted by Gasteiger charge is 2.22. The molecule has 1 aliphatic rings. The van der Waals surface area contributed by atoms with Crippen LogP contribution >= 0.6 is 0 Å². The quantitative estimate of drug-likeness (QED) is 0.722. The third-order valence-electron chi connectivity index (χ3n) is 3.07. The number of likely N-dealkylation sites (tertiary alicyclic amines) is 1. The number of nitrogens with two attached hydrogens (primary N) is 1. The Morgan fingerprint density at radius 2 is 2.36 bits per heavy atom. The van der Waals surface area contributed by atoms with E-state index in [1.807, 2.05) is 6.92 Å². The summed E-state index contributed by atoms with van der Waals surface area (Å²) in [5.74, 6) is 0.702. The molecule has 0 spiro atoms. The van der Waals surface area contributed by atoms with Crippen molar-refractivity contribution in [2.24, 2.45) is 11.7 Å². The first-order valence-corrected chi connectivity index (χ1v) is 5.79. The Morgan fingerprint density at radius 1 is 1.57 bits per heavy atom. The maximum Gasteiger partial charge on any atom is 0.0618 e. The van der Waals surface area contributed by atoms with Gasteiger partial charge in [-0.1, -0.05) is 0 Å². The molecule has 1 heterocycles. The minimum absolute atomic E-state index is 0.546. The van der Waals surface area contributed by atoms with Crippen molar-refractivity contribution in [3.63, 3.8) is 0 Å². The van der Waals surface area contributed by atoms with E-state index >= 15 is 0 Å². The maximum absolute atomic E-state index is 5.71. The summed E-state index contributed by atoms with van der Waals surface area (Å²) >= 11 is 0. The van der Waals surface area contributed by atoms with E-state index in [0.717, 1.165) is 26.3 Å². The van der Waals surface area contributed by atoms with Gasteiger partial charge in [0.15, 0.2) is 0 Å². The molecule has 0 saturated carbocycles. The summed E-state index contributed by atoms with van der Waals surface area (Å²) in [6.07, 6.45) is 2.59. The number of hydrogen-bond donors (Lipinski definition) is 1. The Morgan fingerprint density at radius 3 is 3.00 bits per heavy atom. The molecule has 1 saturated heterocycles. The minimum atomic E-state index is 0.546. The van der Waals surface area contributed by atoms with Gasteiger partial charge in [-0.05, 0) is 45.7 Å². The third-order valence-corrected chi connectivity index (χ3v) is 3.07. The van der Waals surface area contributed by atoms with Gasteiger partial charge in [-0.2, -0.15) is 0 Å². The molecule has 3 heteroatoms. The summed E-state index contributed by atoms with van der Waals surface area (Å²) in [6.45, 7) is 9.17. The van der Waals surface area contributed by atoms with Crippen molar-refractivity contribution in [1.29, 1.82) is 0 Å². The smallest absolute Gasteiger partial charge is 0.0618 e. The predicted molar refractivity (Wildman–Crippen MR) is 59.3 cm³/mol. The molecule has 0 aromatic heterocycles. The van der Waals surface area contributed by atoms with Crippen LogP contribution in [0.5, 0.6) is 0 Å². The van der Waals surface area contributed by atoms with Gasteiger partial charge in [0.05, 0.1) is 6.61 Å². The van der Waals surface area contributed by atoms with Crippen molar-refractivity contribution in [2.75, 3.05) is 32.8 Å². The van der Waals surface area contributed by atoms with Crippen molar-refractivity contribution in [3.8, 4) is 0 Å². The molecule has 0 bridgehead atoms. The van der Waals surface area contributed by atoms with Crippen molar-refractivity contribution in [2.45, 2.75) is 32.7 Å². The lowest BCUT2D eigenvalue weighted by molar-refractivity contribution is 0.0516. The second-order valence-corrected chi connectivity index (χ2v) is 4.25. The average molecular weight is 200 g/mol. The fourth-order valence-corrected chi connectivity index (χ4v) is 2.08. The van der Waals surface area contributed by atoms with Gasteiger partial charge in [0, 0.05) is 19.2 Å². The van der Waals surface area contributed by atoms with Gasteiger partial charge >= 0.3 is 0 Å². The molecule has 0 amide bonds. The molecular weight excluding hydrogens is 176 g/mol. The van der Waals surface area contributed by atoms with E-state index in [-0.39, 0.29) is 0 Å². The van der Waals surface area contributed by atoms with Gasteiger partial charge in [-0.15, -0.1) is 0 Å². The first-order valence-electron chi connectivity index (χ1n) is 5.79. The molecule has 0 aromatic rings. The van der Waals surface area contributed by atoms with Crippen LogP contribution in [0.15, 0.2) is 0 Å². The van der Waals surface area contributed by atoms with Gasteiger partial charge in [-0.25, -0.2) is 0 Å². The van der Waals surface area contributed by atoms with E-state index in [9.17, 15) is 0 Å². The topological polar surface area (TPSA) is 38.5 Å². The van der Waals surface area contributed by atoms with Crippen LogP contribution in [0, 0.1) is 5.92 Å². The Kier molecular flexibility index (Phi) is 5.45. The molecule has 3 nitrogen and oxygen atoms in total. The molecule has 84 valence electrons. The molecule has 2 N–H and O–H groups in total. The standard InChI is InChI=1S/C11H24N2O/c1-3-14-9-10(2)13-6-4-5-11(7-12)8-13/h10-11H,3-9,12H2,1-2H3. The van der Waals surface area contributed by atoms with Crippen LogP contribution in [-0.4, -0.2) is 43.8 Å². The van der Waals surface area contributed by atoms with Crippen LogP contribution in [0.25, 0.3) is 0 Å². The summed E-state index contributed by atoms with van der Waals surface area (Å²) in [5.41, 5.74) is 5.71. The molecule has 2 unspecified atom stereocenters. The molecule has 0 radical (unpaired) electrons. The Hall–Kier alpha value is -0.120. The highest BCUT2D eigenvalue weighted by atomic mass is 16.5. The number of ether oxygens (including phenoxy) is 1. The molecule has 1 rings (SSSR count). The van der Waals surface area contributed by atoms with E-state index in [0.29, 0.717) is 12.0 Å². The second-order valence-electron chi connectivity index (χ2n) is 4.25. The number of hydrogen-bond acceptors (Lipinski definition) is 3. The monoisotopic (exact) mass is 200 g/mol. The van der Waals surface area contributed by atoms with E-state index in [2.05, 4.69) is 11.8 Å². The first kappa shape index (κ1) is 12.0. The van der Waals surface area contributed by atoms with E-state index in [1.165, 1.54) is 19.4 Å². The summed E-state index contributed by atoms with van der Waals surface area (Å²) in [6, 6.07) is 0.546. The van der Waals surface area contributed by atoms with Gasteiger partial charge < -0.3 is 10.5 Å². The third kappa shape index (κ3) is 3.56. The zero-order valence-corrected chi connectivity index (χ0v) is 9.54. The molecule has 1 aliphatic heterocycles. The first-order chi connectivity index (χ1) is 6.77. The fourth-order valence-electron chi connectivity index (χ4n) is 2.08. The number of nitrogens with zero attached hydrogens (tertiary/aromatic N) is 1. The summed E-state index contributed by atoms with van der Waals surface area (Å²) in [7, 11) is 0. The van der Waals surface area contributed by atoms with Gasteiger partial charge in [0.1, 0.15) is 0 Å². The normalized spacial score (nSPS) is 26.4. The van der Waals surface area contributed by atoms with E-state index in [4.69, 9.17) is 10.5 Å². The SMILES string of the molecule is CCOCC(C)N1CCCC(CN)C1. The fraction of sp³-hybridized carbons (Fsp3) is 1.00. The van der Waals surface area contributed by atoms with Crippen LogP contribution < -0.4 is 5.73 Å². The minimum Gasteiger partial charge on any atom is -0.380 e. The van der Waals surface area contributed by atoms with Crippen LogP contribution in [0.1, 0.15) is 26.7 Å². The van der Waals surface area contributed by atoms with Crippen LogP contribution in [0.2, 0.25) is 0 Å². The molecular formula is C11H24N2O. The zero-order chi connectivity index (χ0) is 10.4. The van der Waals surface area contributed by atoms with Gasteiger partial charge in [0.25, 0.3) is 0 Å². The Balaban J connectivity index is 2.27. The van der Waals surface area contributed by atoms with E-state index < -0.39 is 0 Å². The lowest BCUT2D eigenvalue weighted by Crippen LogP contribution is -2.45. The van der Waals surface area contributed by atoms with Gasteiger partial charge in [0.2, 0.25) is 0 Å². The van der Waals surface area contributed by atoms with Crippen LogP contribution in [-0.2, 0) is 4.74 Å². The van der Waals surface area contributed by atoms with Crippen molar-refractivity contribution < 1.29 is 4.74 Å². The molecule has 2 atom stereocenters. The highest BCUT2D eigenvalue weighted by molar-refractivity contribution is 4.77. The van der Waals surface area contributed by atoms with E-state index in [1.54, 1.807) is 0 Å². The Bertz CT molecular complexity index is 152. The molecule has 14 heavy (non-hydrogen) atoms. The molecule has 0 aliphatic carbocycles. The van der Waals surface area contributed by atoms with Crippen molar-refractivity contribution in [3.05, 3.63) is 0 Å². The predicted octanol–water partition coefficient (Wildman–Crippen LogP) is 1.08. The lowest BCUT2D eigenvalue weighted by atomic mass is 9.97.